The standard InChI is InChI=1S/C16H26N4O/c1-19-9-3-2-4-14(19)12-16(21)20-10-6-13(7-11-20)15-5-8-17-18-15/h5,8,13-14H,2-4,6-7,9-12H2,1H3,(H,17,18)/t14-/m1/s1. The van der Waals surface area contributed by atoms with Crippen LogP contribution < -0.4 is 0 Å². The molecule has 0 spiro atoms. The second-order valence-corrected chi connectivity index (χ2v) is 6.50. The molecule has 2 fully saturated rings. The second-order valence-electron chi connectivity index (χ2n) is 6.50. The molecule has 1 atom stereocenters. The third kappa shape index (κ3) is 3.46. The summed E-state index contributed by atoms with van der Waals surface area (Å²) in [5.74, 6) is 0.880. The zero-order valence-corrected chi connectivity index (χ0v) is 12.9. The summed E-state index contributed by atoms with van der Waals surface area (Å²) in [6.07, 6.45) is 8.33. The summed E-state index contributed by atoms with van der Waals surface area (Å²) in [4.78, 5) is 16.9. The summed E-state index contributed by atoms with van der Waals surface area (Å²) in [5.41, 5.74) is 1.22. The van der Waals surface area contributed by atoms with Gasteiger partial charge in [0.05, 0.1) is 0 Å². The Morgan fingerprint density at radius 2 is 2.10 bits per heavy atom. The van der Waals surface area contributed by atoms with Crippen molar-refractivity contribution >= 4 is 5.91 Å². The van der Waals surface area contributed by atoms with Crippen LogP contribution in [0.25, 0.3) is 0 Å². The predicted molar refractivity (Wildman–Crippen MR) is 82.0 cm³/mol. The Morgan fingerprint density at radius 3 is 2.76 bits per heavy atom. The van der Waals surface area contributed by atoms with Crippen LogP contribution in [-0.4, -0.2) is 58.6 Å². The summed E-state index contributed by atoms with van der Waals surface area (Å²) in [5, 5.41) is 7.09. The number of rotatable bonds is 3. The molecule has 1 amide bonds. The van der Waals surface area contributed by atoms with Gasteiger partial charge in [0.15, 0.2) is 0 Å². The fourth-order valence-electron chi connectivity index (χ4n) is 3.67. The molecule has 2 aliphatic rings. The molecule has 116 valence electrons. The van der Waals surface area contributed by atoms with Gasteiger partial charge >= 0.3 is 0 Å². The van der Waals surface area contributed by atoms with E-state index >= 15 is 0 Å². The van der Waals surface area contributed by atoms with E-state index in [2.05, 4.69) is 33.1 Å². The van der Waals surface area contributed by atoms with Crippen molar-refractivity contribution in [3.05, 3.63) is 18.0 Å². The van der Waals surface area contributed by atoms with E-state index < -0.39 is 0 Å². The second kappa shape index (κ2) is 6.60. The first kappa shape index (κ1) is 14.6. The Labute approximate surface area is 126 Å². The summed E-state index contributed by atoms with van der Waals surface area (Å²) < 4.78 is 0. The molecule has 5 nitrogen and oxygen atoms in total. The number of aromatic amines is 1. The lowest BCUT2D eigenvalue weighted by Gasteiger charge is -2.36. The van der Waals surface area contributed by atoms with Crippen molar-refractivity contribution in [1.29, 1.82) is 0 Å². The van der Waals surface area contributed by atoms with Gasteiger partial charge in [-0.25, -0.2) is 0 Å². The highest BCUT2D eigenvalue weighted by atomic mass is 16.2. The number of H-pyrrole nitrogens is 1. The number of piperidine rings is 2. The molecule has 2 saturated heterocycles. The molecule has 3 heterocycles. The van der Waals surface area contributed by atoms with E-state index in [1.807, 2.05) is 6.20 Å². The van der Waals surface area contributed by atoms with Gasteiger partial charge < -0.3 is 9.80 Å². The van der Waals surface area contributed by atoms with Gasteiger partial charge in [-0.15, -0.1) is 0 Å². The number of hydrogen-bond donors (Lipinski definition) is 1. The van der Waals surface area contributed by atoms with Crippen LogP contribution in [-0.2, 0) is 4.79 Å². The molecule has 3 rings (SSSR count). The van der Waals surface area contributed by atoms with Crippen LogP contribution >= 0.6 is 0 Å². The lowest BCUT2D eigenvalue weighted by atomic mass is 9.93. The van der Waals surface area contributed by atoms with Gasteiger partial charge in [0.25, 0.3) is 0 Å². The van der Waals surface area contributed by atoms with Crippen LogP contribution in [0.5, 0.6) is 0 Å². The number of amides is 1. The van der Waals surface area contributed by atoms with Gasteiger partial charge in [0.2, 0.25) is 5.91 Å². The third-order valence-corrected chi connectivity index (χ3v) is 5.14. The number of aromatic nitrogens is 2. The van der Waals surface area contributed by atoms with Gasteiger partial charge in [0, 0.05) is 43.4 Å². The normalized spacial score (nSPS) is 25.2. The molecule has 0 unspecified atom stereocenters. The molecule has 1 aromatic rings. The molecule has 0 aromatic carbocycles. The number of carbonyl (C=O) groups excluding carboxylic acids is 1. The van der Waals surface area contributed by atoms with E-state index in [-0.39, 0.29) is 0 Å². The number of likely N-dealkylation sites (tertiary alicyclic amines) is 2. The van der Waals surface area contributed by atoms with Crippen LogP contribution in [0, 0.1) is 0 Å². The molecule has 5 heteroatoms. The lowest BCUT2D eigenvalue weighted by molar-refractivity contribution is -0.133. The minimum absolute atomic E-state index is 0.344. The summed E-state index contributed by atoms with van der Waals surface area (Å²) in [7, 11) is 2.15. The maximum Gasteiger partial charge on any atom is 0.224 e. The summed E-state index contributed by atoms with van der Waals surface area (Å²) in [6, 6.07) is 2.51. The smallest absolute Gasteiger partial charge is 0.224 e. The van der Waals surface area contributed by atoms with Crippen LogP contribution in [0.1, 0.15) is 50.1 Å². The van der Waals surface area contributed by atoms with Gasteiger partial charge in [-0.2, -0.15) is 5.10 Å². The van der Waals surface area contributed by atoms with E-state index in [0.717, 1.165) is 32.5 Å². The highest BCUT2D eigenvalue weighted by Crippen LogP contribution is 2.27. The van der Waals surface area contributed by atoms with Crippen molar-refractivity contribution in [2.75, 3.05) is 26.7 Å². The molecule has 2 aliphatic heterocycles. The first-order valence-corrected chi connectivity index (χ1v) is 8.21. The maximum atomic E-state index is 12.5. The van der Waals surface area contributed by atoms with E-state index in [1.165, 1.54) is 25.0 Å². The van der Waals surface area contributed by atoms with E-state index in [1.54, 1.807) is 0 Å². The fraction of sp³-hybridized carbons (Fsp3) is 0.750. The molecule has 1 aromatic heterocycles. The number of nitrogens with zero attached hydrogens (tertiary/aromatic N) is 3. The Bertz CT molecular complexity index is 451. The largest absolute Gasteiger partial charge is 0.343 e. The first-order valence-electron chi connectivity index (χ1n) is 8.21. The monoisotopic (exact) mass is 290 g/mol. The van der Waals surface area contributed by atoms with Gasteiger partial charge in [-0.05, 0) is 45.3 Å². The predicted octanol–water partition coefficient (Wildman–Crippen LogP) is 1.99. The molecular formula is C16H26N4O. The van der Waals surface area contributed by atoms with Gasteiger partial charge in [-0.1, -0.05) is 6.42 Å². The van der Waals surface area contributed by atoms with E-state index in [0.29, 0.717) is 24.3 Å². The SMILES string of the molecule is CN1CCCC[C@@H]1CC(=O)N1CCC(c2ccn[nH]2)CC1. The summed E-state index contributed by atoms with van der Waals surface area (Å²) in [6.45, 7) is 2.91. The highest BCUT2D eigenvalue weighted by Gasteiger charge is 2.28. The van der Waals surface area contributed by atoms with Crippen molar-refractivity contribution < 1.29 is 4.79 Å². The maximum absolute atomic E-state index is 12.5. The Hall–Kier alpha value is -1.36. The molecule has 0 saturated carbocycles. The molecule has 0 bridgehead atoms. The molecule has 21 heavy (non-hydrogen) atoms. The van der Waals surface area contributed by atoms with Crippen LogP contribution in [0.2, 0.25) is 0 Å². The molecule has 1 N–H and O–H groups in total. The zero-order valence-electron chi connectivity index (χ0n) is 12.9. The van der Waals surface area contributed by atoms with Crippen molar-refractivity contribution in [3.63, 3.8) is 0 Å². The van der Waals surface area contributed by atoms with Crippen molar-refractivity contribution in [2.45, 2.75) is 50.5 Å². The topological polar surface area (TPSA) is 52.2 Å². The quantitative estimate of drug-likeness (QED) is 0.926. The van der Waals surface area contributed by atoms with E-state index in [9.17, 15) is 4.79 Å². The summed E-state index contributed by atoms with van der Waals surface area (Å²) >= 11 is 0. The number of carbonyl (C=O) groups is 1. The average Bonchev–Trinajstić information content (AvgIpc) is 3.04. The third-order valence-electron chi connectivity index (χ3n) is 5.14. The minimum atomic E-state index is 0.344. The van der Waals surface area contributed by atoms with Crippen molar-refractivity contribution in [2.24, 2.45) is 0 Å². The van der Waals surface area contributed by atoms with E-state index in [4.69, 9.17) is 0 Å². The van der Waals surface area contributed by atoms with Gasteiger partial charge in [-0.3, -0.25) is 9.89 Å². The average molecular weight is 290 g/mol. The van der Waals surface area contributed by atoms with Crippen molar-refractivity contribution in [1.82, 2.24) is 20.0 Å². The van der Waals surface area contributed by atoms with Crippen molar-refractivity contribution in [3.8, 4) is 0 Å². The Kier molecular flexibility index (Phi) is 4.58. The Morgan fingerprint density at radius 1 is 1.29 bits per heavy atom. The molecule has 0 aliphatic carbocycles. The van der Waals surface area contributed by atoms with Crippen LogP contribution in [0.15, 0.2) is 12.3 Å². The Balaban J connectivity index is 1.48. The highest BCUT2D eigenvalue weighted by molar-refractivity contribution is 5.77. The number of hydrogen-bond acceptors (Lipinski definition) is 3. The first-order chi connectivity index (χ1) is 10.2. The van der Waals surface area contributed by atoms with Crippen LogP contribution in [0.3, 0.4) is 0 Å². The molecule has 0 radical (unpaired) electrons. The lowest BCUT2D eigenvalue weighted by Crippen LogP contribution is -2.43. The number of nitrogens with one attached hydrogen (secondary N) is 1. The van der Waals surface area contributed by atoms with Crippen LogP contribution in [0.4, 0.5) is 0 Å². The zero-order chi connectivity index (χ0) is 14.7. The minimum Gasteiger partial charge on any atom is -0.343 e. The fourth-order valence-corrected chi connectivity index (χ4v) is 3.67. The van der Waals surface area contributed by atoms with Gasteiger partial charge in [0.1, 0.15) is 0 Å². The molecular weight excluding hydrogens is 264 g/mol.